The molecule has 2 amide bonds. The fourth-order valence-electron chi connectivity index (χ4n) is 3.44. The molecule has 0 unspecified atom stereocenters. The van der Waals surface area contributed by atoms with Crippen LogP contribution in [0.1, 0.15) is 16.2 Å². The number of nitrogens with zero attached hydrogens (tertiary/aromatic N) is 3. The van der Waals surface area contributed by atoms with Crippen molar-refractivity contribution in [3.8, 4) is 17.1 Å². The van der Waals surface area contributed by atoms with Gasteiger partial charge in [0, 0.05) is 24.2 Å². The number of morpholine rings is 1. The molecule has 12 heteroatoms. The van der Waals surface area contributed by atoms with Gasteiger partial charge in [-0.05, 0) is 24.3 Å². The van der Waals surface area contributed by atoms with E-state index in [9.17, 15) is 22.8 Å². The van der Waals surface area contributed by atoms with Crippen molar-refractivity contribution < 1.29 is 36.8 Å². The molecule has 1 aliphatic rings. The molecule has 1 aliphatic heterocycles. The molecular formula is C23H21F3N4O5. The van der Waals surface area contributed by atoms with Crippen LogP contribution in [0.5, 0.6) is 5.75 Å². The molecule has 0 radical (unpaired) electrons. The molecule has 1 saturated heterocycles. The predicted octanol–water partition coefficient (Wildman–Crippen LogP) is 2.79. The minimum atomic E-state index is -4.74. The van der Waals surface area contributed by atoms with Gasteiger partial charge < -0.3 is 24.2 Å². The average molecular weight is 490 g/mol. The number of benzene rings is 2. The highest BCUT2D eigenvalue weighted by atomic mass is 19.4. The zero-order valence-electron chi connectivity index (χ0n) is 18.3. The molecule has 9 nitrogen and oxygen atoms in total. The maximum Gasteiger partial charge on any atom is 0.471 e. The van der Waals surface area contributed by atoms with E-state index in [-0.39, 0.29) is 48.7 Å². The molecule has 0 aliphatic carbocycles. The van der Waals surface area contributed by atoms with Gasteiger partial charge >= 0.3 is 12.1 Å². The van der Waals surface area contributed by atoms with Crippen LogP contribution in [0.2, 0.25) is 0 Å². The van der Waals surface area contributed by atoms with E-state index in [0.29, 0.717) is 18.9 Å². The maximum absolute atomic E-state index is 12.7. The molecule has 0 bridgehead atoms. The molecule has 3 aromatic rings. The molecule has 2 aromatic carbocycles. The Kier molecular flexibility index (Phi) is 7.30. The summed E-state index contributed by atoms with van der Waals surface area (Å²) in [6.07, 6.45) is -4.74. The van der Waals surface area contributed by atoms with Crippen molar-refractivity contribution in [2.45, 2.75) is 12.2 Å². The van der Waals surface area contributed by atoms with Crippen LogP contribution in [0.4, 0.5) is 13.2 Å². The Morgan fingerprint density at radius 1 is 1.11 bits per heavy atom. The summed E-state index contributed by atoms with van der Waals surface area (Å²) in [5.74, 6) is -1.75. The molecule has 0 spiro atoms. The molecule has 1 atom stereocenters. The summed E-state index contributed by atoms with van der Waals surface area (Å²) in [5.41, 5.74) is 0.534. The third-order valence-electron chi connectivity index (χ3n) is 5.23. The molecule has 2 heterocycles. The van der Waals surface area contributed by atoms with E-state index in [1.54, 1.807) is 29.2 Å². The average Bonchev–Trinajstić information content (AvgIpc) is 3.38. The van der Waals surface area contributed by atoms with Gasteiger partial charge in [-0.25, -0.2) is 0 Å². The number of nitrogens with one attached hydrogen (secondary N) is 1. The number of hydrogen-bond donors (Lipinski definition) is 1. The third-order valence-corrected chi connectivity index (χ3v) is 5.23. The standard InChI is InChI=1S/C23H21F3N4O5/c24-23(25,26)22-28-20(29-35-22)15-6-8-16(9-7-15)21(32)27-12-17-13-33-11-10-30(17)19(31)14-34-18-4-2-1-3-5-18/h1-9,17H,10-14H2,(H,27,32)/t17-/m0/s1. The number of alkyl halides is 3. The summed E-state index contributed by atoms with van der Waals surface area (Å²) >= 11 is 0. The summed E-state index contributed by atoms with van der Waals surface area (Å²) in [6.45, 7) is 1.03. The number of carbonyl (C=O) groups is 2. The van der Waals surface area contributed by atoms with Gasteiger partial charge in [0.05, 0.1) is 19.3 Å². The van der Waals surface area contributed by atoms with Crippen molar-refractivity contribution >= 4 is 11.8 Å². The third kappa shape index (κ3) is 6.15. The van der Waals surface area contributed by atoms with Crippen LogP contribution in [-0.2, 0) is 15.7 Å². The van der Waals surface area contributed by atoms with Gasteiger partial charge in [-0.2, -0.15) is 18.2 Å². The van der Waals surface area contributed by atoms with Gasteiger partial charge in [-0.3, -0.25) is 9.59 Å². The zero-order chi connectivity index (χ0) is 24.8. The summed E-state index contributed by atoms with van der Waals surface area (Å²) in [7, 11) is 0. The normalized spacial score (nSPS) is 16.1. The quantitative estimate of drug-likeness (QED) is 0.543. The highest BCUT2D eigenvalue weighted by Crippen LogP contribution is 2.29. The number of para-hydroxylation sites is 1. The van der Waals surface area contributed by atoms with Gasteiger partial charge in [0.25, 0.3) is 11.8 Å². The summed E-state index contributed by atoms with van der Waals surface area (Å²) < 4.78 is 53.1. The van der Waals surface area contributed by atoms with E-state index in [4.69, 9.17) is 9.47 Å². The predicted molar refractivity (Wildman–Crippen MR) is 115 cm³/mol. The van der Waals surface area contributed by atoms with Crippen LogP contribution in [-0.4, -0.2) is 65.8 Å². The van der Waals surface area contributed by atoms with E-state index in [2.05, 4.69) is 20.0 Å². The molecule has 35 heavy (non-hydrogen) atoms. The van der Waals surface area contributed by atoms with E-state index < -0.39 is 18.0 Å². The number of ether oxygens (including phenoxy) is 2. The Hall–Kier alpha value is -3.93. The minimum Gasteiger partial charge on any atom is -0.484 e. The lowest BCUT2D eigenvalue weighted by molar-refractivity contribution is -0.159. The summed E-state index contributed by atoms with van der Waals surface area (Å²) in [4.78, 5) is 30.2. The number of aromatic nitrogens is 2. The second-order valence-electron chi connectivity index (χ2n) is 7.63. The first-order chi connectivity index (χ1) is 16.8. The lowest BCUT2D eigenvalue weighted by Gasteiger charge is -2.35. The number of amides is 2. The first-order valence-corrected chi connectivity index (χ1v) is 10.7. The molecule has 184 valence electrons. The van der Waals surface area contributed by atoms with Crippen LogP contribution >= 0.6 is 0 Å². The van der Waals surface area contributed by atoms with Crippen LogP contribution < -0.4 is 10.1 Å². The lowest BCUT2D eigenvalue weighted by atomic mass is 10.1. The van der Waals surface area contributed by atoms with Crippen molar-refractivity contribution in [3.05, 3.63) is 66.1 Å². The Balaban J connectivity index is 1.32. The van der Waals surface area contributed by atoms with Crippen LogP contribution in [0, 0.1) is 0 Å². The molecule has 1 fully saturated rings. The first-order valence-electron chi connectivity index (χ1n) is 10.7. The lowest BCUT2D eigenvalue weighted by Crippen LogP contribution is -2.54. The second-order valence-corrected chi connectivity index (χ2v) is 7.63. The van der Waals surface area contributed by atoms with Gasteiger partial charge in [-0.15, -0.1) is 0 Å². The van der Waals surface area contributed by atoms with Gasteiger partial charge in [0.2, 0.25) is 5.82 Å². The first kappa shape index (κ1) is 24.2. The van der Waals surface area contributed by atoms with E-state index in [0.717, 1.165) is 0 Å². The number of carbonyl (C=O) groups excluding carboxylic acids is 2. The highest BCUT2D eigenvalue weighted by Gasteiger charge is 2.38. The van der Waals surface area contributed by atoms with E-state index >= 15 is 0 Å². The summed E-state index contributed by atoms with van der Waals surface area (Å²) in [6, 6.07) is 14.3. The number of halogens is 3. The highest BCUT2D eigenvalue weighted by molar-refractivity contribution is 5.94. The molecule has 0 saturated carbocycles. The summed E-state index contributed by atoms with van der Waals surface area (Å²) in [5, 5.41) is 6.07. The molecular weight excluding hydrogens is 469 g/mol. The maximum atomic E-state index is 12.7. The van der Waals surface area contributed by atoms with Gasteiger partial charge in [0.15, 0.2) is 6.61 Å². The SMILES string of the molecule is O=C(NC[C@H]1COCCN1C(=O)COc1ccccc1)c1ccc(-c2noc(C(F)(F)F)n2)cc1. The minimum absolute atomic E-state index is 0.137. The monoisotopic (exact) mass is 490 g/mol. The molecule has 4 rings (SSSR count). The number of hydrogen-bond acceptors (Lipinski definition) is 7. The van der Waals surface area contributed by atoms with E-state index in [1.807, 2.05) is 6.07 Å². The van der Waals surface area contributed by atoms with Gasteiger partial charge in [-0.1, -0.05) is 35.5 Å². The topological polar surface area (TPSA) is 107 Å². The smallest absolute Gasteiger partial charge is 0.471 e. The fraction of sp³-hybridized carbons (Fsp3) is 0.304. The Morgan fingerprint density at radius 3 is 2.54 bits per heavy atom. The Morgan fingerprint density at radius 2 is 1.86 bits per heavy atom. The Bertz CT molecular complexity index is 1150. The van der Waals surface area contributed by atoms with Crippen molar-refractivity contribution in [3.63, 3.8) is 0 Å². The van der Waals surface area contributed by atoms with Crippen molar-refractivity contribution in [2.75, 3.05) is 32.9 Å². The van der Waals surface area contributed by atoms with Crippen molar-refractivity contribution in [2.24, 2.45) is 0 Å². The van der Waals surface area contributed by atoms with Crippen molar-refractivity contribution in [1.82, 2.24) is 20.4 Å². The van der Waals surface area contributed by atoms with Crippen LogP contribution in [0.3, 0.4) is 0 Å². The molecule has 1 N–H and O–H groups in total. The second kappa shape index (κ2) is 10.6. The zero-order valence-corrected chi connectivity index (χ0v) is 18.3. The Labute approximate surface area is 197 Å². The van der Waals surface area contributed by atoms with Crippen molar-refractivity contribution in [1.29, 1.82) is 0 Å². The van der Waals surface area contributed by atoms with Crippen LogP contribution in [0.25, 0.3) is 11.4 Å². The van der Waals surface area contributed by atoms with E-state index in [1.165, 1.54) is 24.3 Å². The largest absolute Gasteiger partial charge is 0.484 e. The molecule has 1 aromatic heterocycles. The fourth-order valence-corrected chi connectivity index (χ4v) is 3.44. The van der Waals surface area contributed by atoms with Crippen LogP contribution in [0.15, 0.2) is 59.1 Å². The van der Waals surface area contributed by atoms with Gasteiger partial charge in [0.1, 0.15) is 5.75 Å². The number of rotatable bonds is 7.